The average molecular weight is 268 g/mol. The zero-order chi connectivity index (χ0) is 12.1. The van der Waals surface area contributed by atoms with Gasteiger partial charge in [-0.05, 0) is 12.5 Å². The van der Waals surface area contributed by atoms with Gasteiger partial charge in [-0.15, -0.1) is 0 Å². The van der Waals surface area contributed by atoms with Crippen molar-refractivity contribution in [2.45, 2.75) is 19.5 Å². The smallest absolute Gasteiger partial charge is 0.352 e. The Morgan fingerprint density at radius 1 is 1.33 bits per heavy atom. The summed E-state index contributed by atoms with van der Waals surface area (Å²) in [6.45, 7) is 2.80. The zero-order valence-corrected chi connectivity index (χ0v) is 11.0. The highest BCUT2D eigenvalue weighted by atomic mass is 35.5. The molecule has 18 heavy (non-hydrogen) atoms. The van der Waals surface area contributed by atoms with Crippen LogP contribution in [0.2, 0.25) is 0 Å². The summed E-state index contributed by atoms with van der Waals surface area (Å²) >= 11 is 0. The van der Waals surface area contributed by atoms with E-state index in [4.69, 9.17) is 5.73 Å². The first-order chi connectivity index (χ1) is 8.24. The lowest BCUT2D eigenvalue weighted by Gasteiger charge is -2.14. The lowest BCUT2D eigenvalue weighted by atomic mass is 10.2. The third-order valence-electron chi connectivity index (χ3n) is 2.50. The van der Waals surface area contributed by atoms with E-state index in [2.05, 4.69) is 32.8 Å². The number of halogens is 1. The summed E-state index contributed by atoms with van der Waals surface area (Å²) in [5, 5.41) is 6.12. The fourth-order valence-electron chi connectivity index (χ4n) is 1.72. The molecule has 5 nitrogen and oxygen atoms in total. The largest absolute Gasteiger partial charge is 1.00 e. The molecule has 2 rings (SSSR count). The summed E-state index contributed by atoms with van der Waals surface area (Å²) in [5.41, 5.74) is 6.95. The highest BCUT2D eigenvalue weighted by molar-refractivity contribution is 5.97. The second kappa shape index (κ2) is 6.86. The highest BCUT2D eigenvalue weighted by Crippen LogP contribution is 1.96. The van der Waals surface area contributed by atoms with Crippen molar-refractivity contribution >= 4 is 11.9 Å². The van der Waals surface area contributed by atoms with Crippen LogP contribution in [0.25, 0.3) is 0 Å². The molecule has 1 unspecified atom stereocenters. The van der Waals surface area contributed by atoms with Gasteiger partial charge < -0.3 is 18.1 Å². The van der Waals surface area contributed by atoms with Gasteiger partial charge in [-0.3, -0.25) is 10.3 Å². The summed E-state index contributed by atoms with van der Waals surface area (Å²) in [7, 11) is 0. The Morgan fingerprint density at radius 2 is 2.06 bits per heavy atom. The molecule has 0 spiro atoms. The molecule has 0 aliphatic carbocycles. The van der Waals surface area contributed by atoms with E-state index in [9.17, 15) is 0 Å². The second-order valence-corrected chi connectivity index (χ2v) is 4.00. The predicted octanol–water partition coefficient (Wildman–Crippen LogP) is -4.48. The van der Waals surface area contributed by atoms with Crippen LogP contribution in [-0.2, 0) is 6.42 Å². The van der Waals surface area contributed by atoms with E-state index in [-0.39, 0.29) is 18.6 Å². The van der Waals surface area contributed by atoms with E-state index in [1.807, 2.05) is 25.1 Å². The molecule has 0 fully saturated rings. The third-order valence-corrected chi connectivity index (χ3v) is 2.50. The molecule has 6 heteroatoms. The Labute approximate surface area is 113 Å². The van der Waals surface area contributed by atoms with Crippen LogP contribution >= 0.6 is 0 Å². The quantitative estimate of drug-likeness (QED) is 0.446. The van der Waals surface area contributed by atoms with Crippen LogP contribution in [-0.4, -0.2) is 24.6 Å². The topological polar surface area (TPSA) is 76.4 Å². The summed E-state index contributed by atoms with van der Waals surface area (Å²) in [5.74, 6) is 1.26. The maximum atomic E-state index is 5.64. The van der Waals surface area contributed by atoms with Crippen LogP contribution in [0, 0.1) is 0 Å². The van der Waals surface area contributed by atoms with Gasteiger partial charge in [0.2, 0.25) is 0 Å². The Kier molecular flexibility index (Phi) is 5.45. The van der Waals surface area contributed by atoms with Crippen LogP contribution in [0.1, 0.15) is 12.5 Å². The van der Waals surface area contributed by atoms with E-state index in [1.165, 1.54) is 5.56 Å². The van der Waals surface area contributed by atoms with Gasteiger partial charge in [0.1, 0.15) is 0 Å². The molecule has 1 aliphatic rings. The molecule has 1 atom stereocenters. The third kappa shape index (κ3) is 4.25. The first-order valence-electron chi connectivity index (χ1n) is 5.75. The standard InChI is InChI=1S/C12H17N5.ClH/c1-9-15-11(13)17-12(16-9)14-8-7-10-5-3-2-4-6-10;/h2-6,9H,7-8H2,1H3,(H4,13,14,15,16,17);1H. The Hall–Kier alpha value is -1.75. The number of hydrogen-bond donors (Lipinski definition) is 4. The summed E-state index contributed by atoms with van der Waals surface area (Å²) < 4.78 is 0. The van der Waals surface area contributed by atoms with Crippen molar-refractivity contribution in [1.82, 2.24) is 10.6 Å². The maximum Gasteiger partial charge on any atom is 0.352 e. The SMILES string of the molecule is CC1N=C(N)NC(=[NH+]CCc2ccccc2)N1.[Cl-]. The fraction of sp³-hybridized carbons (Fsp3) is 0.333. The van der Waals surface area contributed by atoms with Crippen LogP contribution in [0.15, 0.2) is 35.3 Å². The number of hydrogen-bond acceptors (Lipinski definition) is 2. The molecule has 1 aliphatic heterocycles. The van der Waals surface area contributed by atoms with E-state index in [1.54, 1.807) is 0 Å². The molecular formula is C12H18ClN5. The van der Waals surface area contributed by atoms with Gasteiger partial charge in [0, 0.05) is 6.42 Å². The van der Waals surface area contributed by atoms with Gasteiger partial charge in [-0.1, -0.05) is 30.3 Å². The van der Waals surface area contributed by atoms with Gasteiger partial charge >= 0.3 is 5.96 Å². The molecule has 1 heterocycles. The van der Waals surface area contributed by atoms with Crippen molar-refractivity contribution in [1.29, 1.82) is 0 Å². The van der Waals surface area contributed by atoms with Crippen molar-refractivity contribution in [3.8, 4) is 0 Å². The maximum absolute atomic E-state index is 5.64. The van der Waals surface area contributed by atoms with Gasteiger partial charge in [0.05, 0.1) is 6.54 Å². The van der Waals surface area contributed by atoms with Gasteiger partial charge in [-0.25, -0.2) is 5.32 Å². The Bertz CT molecular complexity index is 429. The minimum atomic E-state index is 0. The molecule has 0 radical (unpaired) electrons. The molecule has 0 bridgehead atoms. The fourth-order valence-corrected chi connectivity index (χ4v) is 1.72. The van der Waals surface area contributed by atoms with E-state index in [0.717, 1.165) is 18.9 Å². The average Bonchev–Trinajstić information content (AvgIpc) is 2.29. The van der Waals surface area contributed by atoms with Crippen LogP contribution in [0.3, 0.4) is 0 Å². The number of nitrogens with two attached hydrogens (primary N) is 1. The first-order valence-corrected chi connectivity index (χ1v) is 5.75. The van der Waals surface area contributed by atoms with Crippen LogP contribution < -0.4 is 33.8 Å². The molecular weight excluding hydrogens is 250 g/mol. The summed E-state index contributed by atoms with van der Waals surface area (Å²) in [6.07, 6.45) is 0.981. The van der Waals surface area contributed by atoms with E-state index < -0.39 is 0 Å². The van der Waals surface area contributed by atoms with E-state index in [0.29, 0.717) is 5.96 Å². The lowest BCUT2D eigenvalue weighted by molar-refractivity contribution is -0.460. The summed E-state index contributed by atoms with van der Waals surface area (Å²) in [4.78, 5) is 7.38. The normalized spacial score (nSPS) is 20.4. The van der Waals surface area contributed by atoms with Crippen LogP contribution in [0.4, 0.5) is 0 Å². The molecule has 0 aromatic heterocycles. The molecule has 5 N–H and O–H groups in total. The Balaban J connectivity index is 0.00000162. The van der Waals surface area contributed by atoms with Crippen molar-refractivity contribution < 1.29 is 17.4 Å². The molecule has 0 saturated carbocycles. The predicted molar refractivity (Wildman–Crippen MR) is 68.3 cm³/mol. The molecule has 1 aromatic rings. The van der Waals surface area contributed by atoms with Crippen molar-refractivity contribution in [3.05, 3.63) is 35.9 Å². The summed E-state index contributed by atoms with van der Waals surface area (Å²) in [6, 6.07) is 10.4. The van der Waals surface area contributed by atoms with Crippen molar-refractivity contribution in [2.75, 3.05) is 6.54 Å². The number of nitrogens with one attached hydrogen (secondary N) is 3. The second-order valence-electron chi connectivity index (χ2n) is 4.00. The number of guanidine groups is 2. The van der Waals surface area contributed by atoms with Crippen molar-refractivity contribution in [2.24, 2.45) is 10.7 Å². The number of rotatable bonds is 3. The molecule has 1 aromatic carbocycles. The molecule has 98 valence electrons. The van der Waals surface area contributed by atoms with Gasteiger partial charge in [-0.2, -0.15) is 4.99 Å². The number of nitrogens with zero attached hydrogens (tertiary/aromatic N) is 1. The van der Waals surface area contributed by atoms with E-state index >= 15 is 0 Å². The van der Waals surface area contributed by atoms with Gasteiger partial charge in [0.15, 0.2) is 6.17 Å². The first kappa shape index (κ1) is 14.3. The number of benzene rings is 1. The molecule has 0 saturated heterocycles. The molecule has 0 amide bonds. The highest BCUT2D eigenvalue weighted by Gasteiger charge is 2.18. The minimum absolute atomic E-state index is 0. The van der Waals surface area contributed by atoms with Gasteiger partial charge in [0.25, 0.3) is 5.96 Å². The lowest BCUT2D eigenvalue weighted by Crippen LogP contribution is -3.00. The monoisotopic (exact) mass is 267 g/mol. The van der Waals surface area contributed by atoms with Crippen LogP contribution in [0.5, 0.6) is 0 Å². The van der Waals surface area contributed by atoms with Crippen molar-refractivity contribution in [3.63, 3.8) is 0 Å². The minimum Gasteiger partial charge on any atom is -1.00 e. The number of aliphatic imine (C=N–C) groups is 1. The zero-order valence-electron chi connectivity index (χ0n) is 10.3. The Morgan fingerprint density at radius 3 is 2.72 bits per heavy atom.